The lowest BCUT2D eigenvalue weighted by Gasteiger charge is -2.21. The van der Waals surface area contributed by atoms with E-state index in [1.54, 1.807) is 4.90 Å². The minimum atomic E-state index is 0.00426. The third-order valence-electron chi connectivity index (χ3n) is 3.40. The molecule has 0 aromatic heterocycles. The number of para-hydroxylation sites is 1. The summed E-state index contributed by atoms with van der Waals surface area (Å²) in [6.07, 6.45) is 0. The van der Waals surface area contributed by atoms with Gasteiger partial charge < -0.3 is 9.64 Å². The zero-order chi connectivity index (χ0) is 15.1. The monoisotopic (exact) mass is 283 g/mol. The van der Waals surface area contributed by atoms with E-state index in [9.17, 15) is 4.79 Å². The van der Waals surface area contributed by atoms with Crippen molar-refractivity contribution in [2.75, 3.05) is 13.2 Å². The number of amides is 1. The number of benzene rings is 2. The molecule has 0 saturated heterocycles. The first kappa shape index (κ1) is 15.1. The van der Waals surface area contributed by atoms with Gasteiger partial charge in [0, 0.05) is 13.1 Å². The van der Waals surface area contributed by atoms with Gasteiger partial charge in [-0.25, -0.2) is 0 Å². The fraction of sp³-hybridized carbons (Fsp3) is 0.278. The Kier molecular flexibility index (Phi) is 5.38. The average molecular weight is 283 g/mol. The first-order valence-electron chi connectivity index (χ1n) is 7.21. The molecule has 2 aromatic rings. The Balaban J connectivity index is 1.93. The lowest BCUT2D eigenvalue weighted by atomic mass is 10.2. The topological polar surface area (TPSA) is 29.5 Å². The predicted octanol–water partition coefficient (Wildman–Crippen LogP) is 3.42. The van der Waals surface area contributed by atoms with E-state index in [1.807, 2.05) is 68.4 Å². The molecule has 3 heteroatoms. The number of nitrogens with zero attached hydrogens (tertiary/aromatic N) is 1. The molecule has 1 amide bonds. The molecule has 0 aliphatic heterocycles. The van der Waals surface area contributed by atoms with Crippen molar-refractivity contribution in [3.63, 3.8) is 0 Å². The molecule has 0 aliphatic rings. The van der Waals surface area contributed by atoms with Crippen LogP contribution in [0.5, 0.6) is 5.75 Å². The Morgan fingerprint density at radius 1 is 1.05 bits per heavy atom. The van der Waals surface area contributed by atoms with E-state index in [2.05, 4.69) is 0 Å². The zero-order valence-corrected chi connectivity index (χ0v) is 12.6. The van der Waals surface area contributed by atoms with Crippen LogP contribution < -0.4 is 4.74 Å². The summed E-state index contributed by atoms with van der Waals surface area (Å²) in [6.45, 7) is 5.32. The molecular weight excluding hydrogens is 262 g/mol. The SMILES string of the molecule is CCN(Cc1ccccc1)C(=O)COc1ccccc1C. The molecule has 21 heavy (non-hydrogen) atoms. The van der Waals surface area contributed by atoms with Crippen molar-refractivity contribution in [1.29, 1.82) is 0 Å². The standard InChI is InChI=1S/C18H21NO2/c1-3-19(13-16-10-5-4-6-11-16)18(20)14-21-17-12-8-7-9-15(17)2/h4-12H,3,13-14H2,1-2H3. The lowest BCUT2D eigenvalue weighted by molar-refractivity contribution is -0.133. The Bertz CT molecular complexity index is 581. The van der Waals surface area contributed by atoms with Gasteiger partial charge in [-0.15, -0.1) is 0 Å². The van der Waals surface area contributed by atoms with Gasteiger partial charge in [0.15, 0.2) is 6.61 Å². The first-order valence-corrected chi connectivity index (χ1v) is 7.21. The van der Waals surface area contributed by atoms with Crippen molar-refractivity contribution >= 4 is 5.91 Å². The number of carbonyl (C=O) groups is 1. The van der Waals surface area contributed by atoms with Crippen molar-refractivity contribution in [2.24, 2.45) is 0 Å². The first-order chi connectivity index (χ1) is 10.2. The number of ether oxygens (including phenoxy) is 1. The summed E-state index contributed by atoms with van der Waals surface area (Å²) >= 11 is 0. The van der Waals surface area contributed by atoms with Crippen molar-refractivity contribution < 1.29 is 9.53 Å². The minimum absolute atomic E-state index is 0.00426. The van der Waals surface area contributed by atoms with Crippen LogP contribution in [0, 0.1) is 6.92 Å². The molecule has 2 aromatic carbocycles. The van der Waals surface area contributed by atoms with E-state index < -0.39 is 0 Å². The Hall–Kier alpha value is -2.29. The molecule has 0 unspecified atom stereocenters. The molecular formula is C18H21NO2. The number of hydrogen-bond donors (Lipinski definition) is 0. The van der Waals surface area contributed by atoms with Crippen LogP contribution in [-0.2, 0) is 11.3 Å². The smallest absolute Gasteiger partial charge is 0.260 e. The number of rotatable bonds is 6. The highest BCUT2D eigenvalue weighted by atomic mass is 16.5. The highest BCUT2D eigenvalue weighted by Gasteiger charge is 2.13. The highest BCUT2D eigenvalue weighted by molar-refractivity contribution is 5.77. The third kappa shape index (κ3) is 4.35. The van der Waals surface area contributed by atoms with Gasteiger partial charge in [-0.2, -0.15) is 0 Å². The summed E-state index contributed by atoms with van der Waals surface area (Å²) in [5.74, 6) is 0.770. The van der Waals surface area contributed by atoms with E-state index in [4.69, 9.17) is 4.74 Å². The maximum Gasteiger partial charge on any atom is 0.260 e. The van der Waals surface area contributed by atoms with Crippen LogP contribution in [0.2, 0.25) is 0 Å². The molecule has 0 saturated carbocycles. The molecule has 0 bridgehead atoms. The fourth-order valence-electron chi connectivity index (χ4n) is 2.13. The van der Waals surface area contributed by atoms with Crippen LogP contribution in [0.4, 0.5) is 0 Å². The van der Waals surface area contributed by atoms with Gasteiger partial charge in [0.05, 0.1) is 0 Å². The summed E-state index contributed by atoms with van der Waals surface area (Å²) in [4.78, 5) is 14.1. The Morgan fingerprint density at radius 3 is 2.38 bits per heavy atom. The molecule has 110 valence electrons. The molecule has 3 nitrogen and oxygen atoms in total. The third-order valence-corrected chi connectivity index (χ3v) is 3.40. The van der Waals surface area contributed by atoms with Gasteiger partial charge in [-0.05, 0) is 31.0 Å². The van der Waals surface area contributed by atoms with Crippen LogP contribution in [0.25, 0.3) is 0 Å². The summed E-state index contributed by atoms with van der Waals surface area (Å²) < 4.78 is 5.63. The van der Waals surface area contributed by atoms with Crippen LogP contribution in [0.3, 0.4) is 0 Å². The van der Waals surface area contributed by atoms with E-state index in [1.165, 1.54) is 0 Å². The molecule has 0 fully saturated rings. The molecule has 0 atom stereocenters. The highest BCUT2D eigenvalue weighted by Crippen LogP contribution is 2.16. The van der Waals surface area contributed by atoms with Crippen LogP contribution in [0.1, 0.15) is 18.1 Å². The number of carbonyl (C=O) groups excluding carboxylic acids is 1. The van der Waals surface area contributed by atoms with Crippen molar-refractivity contribution in [2.45, 2.75) is 20.4 Å². The molecule has 0 radical (unpaired) electrons. The summed E-state index contributed by atoms with van der Waals surface area (Å²) in [7, 11) is 0. The van der Waals surface area contributed by atoms with Crippen LogP contribution >= 0.6 is 0 Å². The molecule has 0 aliphatic carbocycles. The number of likely N-dealkylation sites (N-methyl/N-ethyl adjacent to an activating group) is 1. The van der Waals surface area contributed by atoms with Crippen molar-refractivity contribution in [3.05, 3.63) is 65.7 Å². The molecule has 2 rings (SSSR count). The van der Waals surface area contributed by atoms with Gasteiger partial charge in [0.1, 0.15) is 5.75 Å². The summed E-state index contributed by atoms with van der Waals surface area (Å²) in [6, 6.07) is 17.7. The van der Waals surface area contributed by atoms with E-state index in [0.29, 0.717) is 13.1 Å². The molecule has 0 heterocycles. The maximum atomic E-state index is 12.3. The molecule has 0 spiro atoms. The van der Waals surface area contributed by atoms with E-state index >= 15 is 0 Å². The zero-order valence-electron chi connectivity index (χ0n) is 12.6. The van der Waals surface area contributed by atoms with Gasteiger partial charge in [0.2, 0.25) is 0 Å². The molecule has 0 N–H and O–H groups in total. The maximum absolute atomic E-state index is 12.3. The second-order valence-corrected chi connectivity index (χ2v) is 4.95. The minimum Gasteiger partial charge on any atom is -0.484 e. The average Bonchev–Trinajstić information content (AvgIpc) is 2.52. The number of hydrogen-bond acceptors (Lipinski definition) is 2. The van der Waals surface area contributed by atoms with E-state index in [-0.39, 0.29) is 12.5 Å². The van der Waals surface area contributed by atoms with Gasteiger partial charge in [-0.3, -0.25) is 4.79 Å². The van der Waals surface area contributed by atoms with Crippen LogP contribution in [-0.4, -0.2) is 24.0 Å². The van der Waals surface area contributed by atoms with Crippen molar-refractivity contribution in [1.82, 2.24) is 4.90 Å². The second-order valence-electron chi connectivity index (χ2n) is 4.95. The van der Waals surface area contributed by atoms with Gasteiger partial charge in [0.25, 0.3) is 5.91 Å². The van der Waals surface area contributed by atoms with Gasteiger partial charge in [-0.1, -0.05) is 48.5 Å². The van der Waals surface area contributed by atoms with Crippen LogP contribution in [0.15, 0.2) is 54.6 Å². The van der Waals surface area contributed by atoms with E-state index in [0.717, 1.165) is 16.9 Å². The lowest BCUT2D eigenvalue weighted by Crippen LogP contribution is -2.34. The predicted molar refractivity (Wildman–Crippen MR) is 84.2 cm³/mol. The number of aryl methyl sites for hydroxylation is 1. The van der Waals surface area contributed by atoms with Crippen molar-refractivity contribution in [3.8, 4) is 5.75 Å². The largest absolute Gasteiger partial charge is 0.484 e. The quantitative estimate of drug-likeness (QED) is 0.813. The normalized spacial score (nSPS) is 10.2. The summed E-state index contributed by atoms with van der Waals surface area (Å²) in [5.41, 5.74) is 2.17. The second kappa shape index (κ2) is 7.48. The summed E-state index contributed by atoms with van der Waals surface area (Å²) in [5, 5.41) is 0. The Morgan fingerprint density at radius 2 is 1.71 bits per heavy atom. The Labute approximate surface area is 126 Å². The fourth-order valence-corrected chi connectivity index (χ4v) is 2.13. The van der Waals surface area contributed by atoms with Gasteiger partial charge >= 0.3 is 0 Å².